The number of carbonyl (C=O) groups is 1. The van der Waals surface area contributed by atoms with Crippen LogP contribution in [-0.2, 0) is 4.74 Å². The molecule has 0 aliphatic carbocycles. The van der Waals surface area contributed by atoms with Crippen LogP contribution in [-0.4, -0.2) is 58.3 Å². The van der Waals surface area contributed by atoms with Crippen molar-refractivity contribution < 1.29 is 18.8 Å². The molecule has 1 fully saturated rings. The molecular weight excluding hydrogens is 276 g/mol. The molecule has 21 heavy (non-hydrogen) atoms. The van der Waals surface area contributed by atoms with Crippen LogP contribution >= 0.6 is 0 Å². The third kappa shape index (κ3) is 3.34. The molecule has 0 radical (unpaired) electrons. The highest BCUT2D eigenvalue weighted by Crippen LogP contribution is 2.12. The van der Waals surface area contributed by atoms with Crippen LogP contribution in [0.1, 0.15) is 10.6 Å². The number of amides is 1. The number of nitrogens with zero attached hydrogens (tertiary/aromatic N) is 4. The third-order valence-corrected chi connectivity index (χ3v) is 3.00. The van der Waals surface area contributed by atoms with E-state index in [0.29, 0.717) is 32.2 Å². The molecule has 0 saturated carbocycles. The van der Waals surface area contributed by atoms with Gasteiger partial charge in [-0.25, -0.2) is 4.98 Å². The second kappa shape index (κ2) is 6.31. The van der Waals surface area contributed by atoms with Crippen LogP contribution in [0.2, 0.25) is 0 Å². The molecule has 3 rings (SSSR count). The molecule has 8 nitrogen and oxygen atoms in total. The van der Waals surface area contributed by atoms with Gasteiger partial charge in [0.1, 0.15) is 6.10 Å². The lowest BCUT2D eigenvalue weighted by Gasteiger charge is -2.22. The topological polar surface area (TPSA) is 90.6 Å². The highest BCUT2D eigenvalue weighted by molar-refractivity contribution is 5.91. The summed E-state index contributed by atoms with van der Waals surface area (Å²) in [6, 6.07) is 1.53. The minimum Gasteiger partial charge on any atom is -0.469 e. The van der Waals surface area contributed by atoms with Crippen molar-refractivity contribution in [3.63, 3.8) is 0 Å². The molecular formula is C13H14N4O4. The van der Waals surface area contributed by atoms with Gasteiger partial charge in [0.2, 0.25) is 11.6 Å². The van der Waals surface area contributed by atoms with Crippen molar-refractivity contribution in [3.8, 4) is 5.88 Å². The standard InChI is InChI=1S/C13H14N4O4/c18-13(11-1-2-16-21-11)17-5-6-19-9-10(8-17)20-12-7-14-3-4-15-12/h1-4,7,10H,5-6,8-9H2/t10-/m1/s1. The summed E-state index contributed by atoms with van der Waals surface area (Å²) in [7, 11) is 0. The minimum atomic E-state index is -0.309. The lowest BCUT2D eigenvalue weighted by Crippen LogP contribution is -2.40. The lowest BCUT2D eigenvalue weighted by molar-refractivity contribution is 0.0610. The summed E-state index contributed by atoms with van der Waals surface area (Å²) in [6.07, 6.45) is 5.76. The first kappa shape index (κ1) is 13.5. The highest BCUT2D eigenvalue weighted by Gasteiger charge is 2.26. The zero-order valence-electron chi connectivity index (χ0n) is 11.2. The zero-order valence-corrected chi connectivity index (χ0v) is 11.2. The average Bonchev–Trinajstić information content (AvgIpc) is 2.95. The second-order valence-corrected chi connectivity index (χ2v) is 4.49. The van der Waals surface area contributed by atoms with Gasteiger partial charge in [-0.05, 0) is 0 Å². The Hall–Kier alpha value is -2.48. The third-order valence-electron chi connectivity index (χ3n) is 3.00. The monoisotopic (exact) mass is 290 g/mol. The van der Waals surface area contributed by atoms with Crippen molar-refractivity contribution in [2.45, 2.75) is 6.10 Å². The summed E-state index contributed by atoms with van der Waals surface area (Å²) in [5.41, 5.74) is 0. The lowest BCUT2D eigenvalue weighted by atomic mass is 10.3. The fourth-order valence-electron chi connectivity index (χ4n) is 2.03. The first-order chi connectivity index (χ1) is 10.3. The maximum absolute atomic E-state index is 12.3. The Labute approximate surface area is 120 Å². The predicted molar refractivity (Wildman–Crippen MR) is 69.7 cm³/mol. The molecule has 1 aliphatic rings. The molecule has 0 N–H and O–H groups in total. The fourth-order valence-corrected chi connectivity index (χ4v) is 2.03. The Morgan fingerprint density at radius 3 is 3.10 bits per heavy atom. The Bertz CT molecular complexity index is 575. The molecule has 1 saturated heterocycles. The maximum atomic E-state index is 12.3. The van der Waals surface area contributed by atoms with Gasteiger partial charge in [-0.3, -0.25) is 9.78 Å². The van der Waals surface area contributed by atoms with Crippen LogP contribution in [0.15, 0.2) is 35.4 Å². The van der Waals surface area contributed by atoms with Crippen molar-refractivity contribution in [3.05, 3.63) is 36.6 Å². The quantitative estimate of drug-likeness (QED) is 0.807. The van der Waals surface area contributed by atoms with E-state index in [1.807, 2.05) is 0 Å². The van der Waals surface area contributed by atoms with Crippen LogP contribution in [0.4, 0.5) is 0 Å². The number of hydrogen-bond donors (Lipinski definition) is 0. The Morgan fingerprint density at radius 1 is 1.38 bits per heavy atom. The zero-order chi connectivity index (χ0) is 14.5. The molecule has 110 valence electrons. The Kier molecular flexibility index (Phi) is 4.06. The van der Waals surface area contributed by atoms with E-state index in [2.05, 4.69) is 15.1 Å². The van der Waals surface area contributed by atoms with Crippen molar-refractivity contribution in [2.75, 3.05) is 26.3 Å². The van der Waals surface area contributed by atoms with Gasteiger partial charge in [-0.2, -0.15) is 0 Å². The molecule has 2 aromatic heterocycles. The number of ether oxygens (including phenoxy) is 2. The van der Waals surface area contributed by atoms with Gasteiger partial charge in [-0.15, -0.1) is 0 Å². The number of carbonyl (C=O) groups excluding carboxylic acids is 1. The van der Waals surface area contributed by atoms with E-state index in [0.717, 1.165) is 0 Å². The second-order valence-electron chi connectivity index (χ2n) is 4.49. The summed E-state index contributed by atoms with van der Waals surface area (Å²) in [6.45, 7) is 1.69. The molecule has 0 bridgehead atoms. The summed E-state index contributed by atoms with van der Waals surface area (Å²) in [5, 5.41) is 3.55. The molecule has 1 atom stereocenters. The predicted octanol–water partition coefficient (Wildman–Crippen LogP) is 0.385. The van der Waals surface area contributed by atoms with E-state index < -0.39 is 0 Å². The fraction of sp³-hybridized carbons (Fsp3) is 0.385. The van der Waals surface area contributed by atoms with Crippen LogP contribution in [0, 0.1) is 0 Å². The molecule has 0 unspecified atom stereocenters. The normalized spacial score (nSPS) is 19.0. The minimum absolute atomic E-state index is 0.204. The molecule has 2 aromatic rings. The van der Waals surface area contributed by atoms with Crippen LogP contribution in [0.3, 0.4) is 0 Å². The number of aromatic nitrogens is 3. The SMILES string of the molecule is O=C(c1ccno1)N1CCOC[C@H](Oc2cnccn2)C1. The van der Waals surface area contributed by atoms with E-state index in [1.165, 1.54) is 18.5 Å². The summed E-state index contributed by atoms with van der Waals surface area (Å²) >= 11 is 0. The van der Waals surface area contributed by atoms with Crippen LogP contribution < -0.4 is 4.74 Å². The number of hydrogen-bond acceptors (Lipinski definition) is 7. The Balaban J connectivity index is 1.67. The van der Waals surface area contributed by atoms with Gasteiger partial charge in [0.25, 0.3) is 5.91 Å². The molecule has 1 aliphatic heterocycles. The average molecular weight is 290 g/mol. The molecule has 0 aromatic carbocycles. The summed E-state index contributed by atoms with van der Waals surface area (Å²) in [4.78, 5) is 21.9. The molecule has 3 heterocycles. The highest BCUT2D eigenvalue weighted by atomic mass is 16.5. The van der Waals surface area contributed by atoms with E-state index >= 15 is 0 Å². The smallest absolute Gasteiger partial charge is 0.292 e. The number of rotatable bonds is 3. The van der Waals surface area contributed by atoms with Crippen LogP contribution in [0.25, 0.3) is 0 Å². The first-order valence-electron chi connectivity index (χ1n) is 6.53. The Morgan fingerprint density at radius 2 is 2.33 bits per heavy atom. The first-order valence-corrected chi connectivity index (χ1v) is 6.53. The molecule has 1 amide bonds. The molecule has 0 spiro atoms. The van der Waals surface area contributed by atoms with Crippen molar-refractivity contribution in [1.29, 1.82) is 0 Å². The van der Waals surface area contributed by atoms with Crippen molar-refractivity contribution in [1.82, 2.24) is 20.0 Å². The van der Waals surface area contributed by atoms with Crippen LogP contribution in [0.5, 0.6) is 5.88 Å². The maximum Gasteiger partial charge on any atom is 0.292 e. The van der Waals surface area contributed by atoms with Gasteiger partial charge in [0.15, 0.2) is 0 Å². The van der Waals surface area contributed by atoms with Crippen molar-refractivity contribution >= 4 is 5.91 Å². The molecule has 8 heteroatoms. The van der Waals surface area contributed by atoms with Gasteiger partial charge in [-0.1, -0.05) is 5.16 Å². The van der Waals surface area contributed by atoms with Gasteiger partial charge in [0, 0.05) is 25.0 Å². The van der Waals surface area contributed by atoms with E-state index in [9.17, 15) is 4.79 Å². The van der Waals surface area contributed by atoms with E-state index in [4.69, 9.17) is 14.0 Å². The summed E-state index contributed by atoms with van der Waals surface area (Å²) < 4.78 is 16.1. The van der Waals surface area contributed by atoms with E-state index in [-0.39, 0.29) is 17.8 Å². The van der Waals surface area contributed by atoms with Gasteiger partial charge in [0.05, 0.1) is 32.2 Å². The van der Waals surface area contributed by atoms with Crippen molar-refractivity contribution in [2.24, 2.45) is 0 Å². The largest absolute Gasteiger partial charge is 0.469 e. The van der Waals surface area contributed by atoms with Gasteiger partial charge >= 0.3 is 0 Å². The van der Waals surface area contributed by atoms with E-state index in [1.54, 1.807) is 17.3 Å². The summed E-state index contributed by atoms with van der Waals surface area (Å²) in [5.74, 6) is 0.376. The van der Waals surface area contributed by atoms with Gasteiger partial charge < -0.3 is 18.9 Å².